The molecule has 0 spiro atoms. The van der Waals surface area contributed by atoms with Crippen molar-refractivity contribution < 1.29 is 4.92 Å². The summed E-state index contributed by atoms with van der Waals surface area (Å²) in [4.78, 5) is 40.4. The largest absolute Gasteiger partial charge is 0.332 e. The van der Waals surface area contributed by atoms with Gasteiger partial charge in [-0.15, -0.1) is 0 Å². The molecule has 2 heterocycles. The van der Waals surface area contributed by atoms with Crippen molar-refractivity contribution >= 4 is 35.1 Å². The van der Waals surface area contributed by atoms with Gasteiger partial charge in [0, 0.05) is 26.7 Å². The molecule has 0 aliphatic rings. The number of hydrogen-bond acceptors (Lipinski definition) is 7. The predicted molar refractivity (Wildman–Crippen MR) is 130 cm³/mol. The normalized spacial score (nSPS) is 11.6. The van der Waals surface area contributed by atoms with Crippen LogP contribution in [-0.4, -0.2) is 29.8 Å². The van der Waals surface area contributed by atoms with Gasteiger partial charge in [-0.2, -0.15) is 10.1 Å². The maximum Gasteiger partial charge on any atom is 0.332 e. The molecule has 0 aliphatic carbocycles. The number of aryl methyl sites for hydroxylation is 1. The Morgan fingerprint density at radius 3 is 2.50 bits per heavy atom. The third kappa shape index (κ3) is 4.26. The Labute approximate surface area is 193 Å². The Morgan fingerprint density at radius 2 is 1.76 bits per heavy atom. The van der Waals surface area contributed by atoms with Crippen molar-refractivity contribution in [3.05, 3.63) is 103 Å². The molecule has 34 heavy (non-hydrogen) atoms. The maximum atomic E-state index is 12.9. The lowest BCUT2D eigenvalue weighted by molar-refractivity contribution is -0.385. The fraction of sp³-hybridized carbons (Fsp3) is 0.130. The minimum atomic E-state index is -0.503. The van der Waals surface area contributed by atoms with Crippen LogP contribution in [0.4, 0.5) is 11.6 Å². The van der Waals surface area contributed by atoms with Crippen molar-refractivity contribution in [1.29, 1.82) is 0 Å². The molecule has 0 radical (unpaired) electrons. The highest BCUT2D eigenvalue weighted by molar-refractivity contribution is 5.85. The number of rotatable bonds is 7. The summed E-state index contributed by atoms with van der Waals surface area (Å²) in [5, 5.41) is 15.3. The number of nitrogens with zero attached hydrogens (tertiary/aromatic N) is 6. The quantitative estimate of drug-likeness (QED) is 0.257. The number of nitrogens with one attached hydrogen (secondary N) is 1. The van der Waals surface area contributed by atoms with Gasteiger partial charge in [0.05, 0.1) is 16.7 Å². The van der Waals surface area contributed by atoms with Gasteiger partial charge in [-0.3, -0.25) is 28.6 Å². The number of fused-ring (bicyclic) bond motifs is 1. The van der Waals surface area contributed by atoms with Crippen molar-refractivity contribution in [3.8, 4) is 0 Å². The molecule has 0 unspecified atom stereocenters. The van der Waals surface area contributed by atoms with E-state index >= 15 is 0 Å². The number of anilines is 1. The minimum absolute atomic E-state index is 0.0939. The van der Waals surface area contributed by atoms with E-state index in [-0.39, 0.29) is 29.3 Å². The summed E-state index contributed by atoms with van der Waals surface area (Å²) < 4.78 is 3.90. The monoisotopic (exact) mass is 459 g/mol. The molecule has 0 saturated carbocycles. The van der Waals surface area contributed by atoms with Crippen LogP contribution in [0.15, 0.2) is 75.4 Å². The molecule has 4 aromatic rings. The molecular formula is C23H21N7O4. The summed E-state index contributed by atoms with van der Waals surface area (Å²) >= 11 is 0. The van der Waals surface area contributed by atoms with Crippen LogP contribution in [0, 0.1) is 10.1 Å². The van der Waals surface area contributed by atoms with Gasteiger partial charge in [0.1, 0.15) is 0 Å². The molecule has 11 nitrogen and oxygen atoms in total. The zero-order valence-electron chi connectivity index (χ0n) is 18.5. The van der Waals surface area contributed by atoms with E-state index in [0.29, 0.717) is 5.56 Å². The lowest BCUT2D eigenvalue weighted by Crippen LogP contribution is -2.37. The second kappa shape index (κ2) is 9.36. The molecule has 0 saturated heterocycles. The number of imidazole rings is 1. The summed E-state index contributed by atoms with van der Waals surface area (Å²) in [7, 11) is 2.93. The van der Waals surface area contributed by atoms with Gasteiger partial charge in [0.15, 0.2) is 11.2 Å². The highest BCUT2D eigenvalue weighted by Gasteiger charge is 2.18. The fourth-order valence-corrected chi connectivity index (χ4v) is 3.49. The van der Waals surface area contributed by atoms with E-state index < -0.39 is 16.2 Å². The van der Waals surface area contributed by atoms with Crippen LogP contribution >= 0.6 is 0 Å². The van der Waals surface area contributed by atoms with Gasteiger partial charge >= 0.3 is 5.69 Å². The number of hydrazone groups is 1. The topological polar surface area (TPSA) is 129 Å². The van der Waals surface area contributed by atoms with Gasteiger partial charge in [-0.05, 0) is 11.6 Å². The summed E-state index contributed by atoms with van der Waals surface area (Å²) in [5.74, 6) is 0.209. The van der Waals surface area contributed by atoms with Crippen LogP contribution in [-0.2, 0) is 20.6 Å². The Balaban J connectivity index is 1.75. The van der Waals surface area contributed by atoms with Crippen LogP contribution in [0.2, 0.25) is 0 Å². The molecular weight excluding hydrogens is 438 g/mol. The number of allylic oxidation sites excluding steroid dienone is 1. The lowest BCUT2D eigenvalue weighted by atomic mass is 10.2. The zero-order valence-corrected chi connectivity index (χ0v) is 18.5. The maximum absolute atomic E-state index is 12.9. The lowest BCUT2D eigenvalue weighted by Gasteiger charge is -2.06. The van der Waals surface area contributed by atoms with Crippen molar-refractivity contribution in [3.63, 3.8) is 0 Å². The molecule has 0 amide bonds. The Morgan fingerprint density at radius 1 is 1.06 bits per heavy atom. The van der Waals surface area contributed by atoms with E-state index in [0.717, 1.165) is 10.1 Å². The van der Waals surface area contributed by atoms with E-state index in [9.17, 15) is 19.7 Å². The second-order valence-corrected chi connectivity index (χ2v) is 7.42. The number of para-hydroxylation sites is 1. The van der Waals surface area contributed by atoms with Crippen LogP contribution in [0.1, 0.15) is 11.1 Å². The standard InChI is InChI=1S/C23H21N7O4/c1-27-20-19(21(31)28(2)23(27)32)29(14-8-11-16-9-4-3-5-10-16)22(25-20)26-24-15-17-12-6-7-13-18(17)30(33)34/h3-13,15H,14H2,1-2H3,(H,25,26)/b11-8+,24-15-. The molecule has 4 rings (SSSR count). The highest BCUT2D eigenvalue weighted by atomic mass is 16.6. The van der Waals surface area contributed by atoms with E-state index in [1.807, 2.05) is 42.5 Å². The van der Waals surface area contributed by atoms with Crippen molar-refractivity contribution in [1.82, 2.24) is 18.7 Å². The Hall–Kier alpha value is -4.80. The first kappa shape index (κ1) is 22.4. The highest BCUT2D eigenvalue weighted by Crippen LogP contribution is 2.18. The van der Waals surface area contributed by atoms with Gasteiger partial charge in [-0.25, -0.2) is 10.2 Å². The first-order valence-corrected chi connectivity index (χ1v) is 10.3. The SMILES string of the molecule is Cn1c(=O)c2c(nc(N/N=C\c3ccccc3[N+](=O)[O-])n2C/C=C/c2ccccc2)n(C)c1=O. The third-order valence-corrected chi connectivity index (χ3v) is 5.25. The van der Waals surface area contributed by atoms with Crippen LogP contribution in [0.25, 0.3) is 17.2 Å². The summed E-state index contributed by atoms with van der Waals surface area (Å²) in [5.41, 5.74) is 3.38. The molecule has 0 aliphatic heterocycles. The van der Waals surface area contributed by atoms with Crippen LogP contribution < -0.4 is 16.7 Å². The molecule has 0 bridgehead atoms. The summed E-state index contributed by atoms with van der Waals surface area (Å²) in [6.45, 7) is 0.266. The third-order valence-electron chi connectivity index (χ3n) is 5.25. The Bertz CT molecular complexity index is 1550. The van der Waals surface area contributed by atoms with E-state index in [1.54, 1.807) is 22.8 Å². The zero-order chi connectivity index (χ0) is 24.2. The first-order chi connectivity index (χ1) is 16.4. The van der Waals surface area contributed by atoms with E-state index in [1.165, 1.54) is 30.9 Å². The van der Waals surface area contributed by atoms with Gasteiger partial charge in [-0.1, -0.05) is 54.6 Å². The average Bonchev–Trinajstić information content (AvgIpc) is 3.20. The van der Waals surface area contributed by atoms with Crippen LogP contribution in [0.5, 0.6) is 0 Å². The van der Waals surface area contributed by atoms with E-state index in [2.05, 4.69) is 15.5 Å². The van der Waals surface area contributed by atoms with Crippen molar-refractivity contribution in [2.45, 2.75) is 6.54 Å². The first-order valence-electron chi connectivity index (χ1n) is 10.3. The number of benzene rings is 2. The van der Waals surface area contributed by atoms with Gasteiger partial charge in [0.25, 0.3) is 11.2 Å². The van der Waals surface area contributed by atoms with E-state index in [4.69, 9.17) is 0 Å². The summed E-state index contributed by atoms with van der Waals surface area (Å²) in [6, 6.07) is 15.8. The molecule has 172 valence electrons. The molecule has 0 fully saturated rings. The molecule has 11 heteroatoms. The second-order valence-electron chi connectivity index (χ2n) is 7.42. The molecule has 2 aromatic carbocycles. The van der Waals surface area contributed by atoms with Crippen LogP contribution in [0.3, 0.4) is 0 Å². The smallest absolute Gasteiger partial charge is 0.299 e. The fourth-order valence-electron chi connectivity index (χ4n) is 3.49. The van der Waals surface area contributed by atoms with Gasteiger partial charge < -0.3 is 0 Å². The molecule has 1 N–H and O–H groups in total. The van der Waals surface area contributed by atoms with Crippen molar-refractivity contribution in [2.75, 3.05) is 5.43 Å². The molecule has 2 aromatic heterocycles. The van der Waals surface area contributed by atoms with Gasteiger partial charge in [0.2, 0.25) is 5.95 Å². The minimum Gasteiger partial charge on any atom is -0.299 e. The number of nitro benzene ring substituents is 1. The Kier molecular flexibility index (Phi) is 6.17. The predicted octanol–water partition coefficient (Wildman–Crippen LogP) is 2.50. The average molecular weight is 459 g/mol. The number of nitro groups is 1. The summed E-state index contributed by atoms with van der Waals surface area (Å²) in [6.07, 6.45) is 5.06. The molecule has 0 atom stereocenters. The van der Waals surface area contributed by atoms with Crippen molar-refractivity contribution in [2.24, 2.45) is 19.2 Å². The number of aromatic nitrogens is 4. The number of hydrogen-bond donors (Lipinski definition) is 1.